The first-order chi connectivity index (χ1) is 16.8. The standard InChI is InChI=1S/C25H22N4O4S2/c1-15-6-8-17(9-7-15)27-23-21(29-25(31)20-12-34-22-5-3-2-4-19(20)22)10-16(11-26-23)24(30)28-18-13-35(32,33)14-18/h2-12,18H,13-14H2,1H3,(H,26,27)(H,28,30)(H,29,31). The second-order valence-corrected chi connectivity index (χ2v) is 11.5. The number of aromatic nitrogens is 1. The Morgan fingerprint density at radius 1 is 1.03 bits per heavy atom. The number of hydrogen-bond donors (Lipinski definition) is 3. The van der Waals surface area contributed by atoms with E-state index in [1.807, 2.05) is 55.5 Å². The number of nitrogens with one attached hydrogen (secondary N) is 3. The number of carbonyl (C=O) groups is 2. The molecular weight excluding hydrogens is 484 g/mol. The van der Waals surface area contributed by atoms with Crippen LogP contribution in [0.15, 0.2) is 66.2 Å². The molecule has 35 heavy (non-hydrogen) atoms. The van der Waals surface area contributed by atoms with Gasteiger partial charge in [-0.3, -0.25) is 9.59 Å². The number of carbonyl (C=O) groups excluding carboxylic acids is 2. The molecule has 2 amide bonds. The lowest BCUT2D eigenvalue weighted by atomic mass is 10.1. The van der Waals surface area contributed by atoms with E-state index < -0.39 is 21.8 Å². The lowest BCUT2D eigenvalue weighted by Gasteiger charge is -2.26. The minimum absolute atomic E-state index is 0.0753. The van der Waals surface area contributed by atoms with Gasteiger partial charge in [0.25, 0.3) is 11.8 Å². The average molecular weight is 507 g/mol. The van der Waals surface area contributed by atoms with Gasteiger partial charge in [0.15, 0.2) is 15.7 Å². The number of pyridine rings is 1. The second kappa shape index (κ2) is 9.12. The van der Waals surface area contributed by atoms with E-state index in [-0.39, 0.29) is 23.0 Å². The number of amides is 2. The highest BCUT2D eigenvalue weighted by molar-refractivity contribution is 7.92. The Morgan fingerprint density at radius 2 is 1.77 bits per heavy atom. The first-order valence-electron chi connectivity index (χ1n) is 10.9. The summed E-state index contributed by atoms with van der Waals surface area (Å²) in [6, 6.07) is 16.5. The summed E-state index contributed by atoms with van der Waals surface area (Å²) in [5.41, 5.74) is 2.96. The van der Waals surface area contributed by atoms with Crippen molar-refractivity contribution in [2.45, 2.75) is 13.0 Å². The normalized spacial score (nSPS) is 14.8. The van der Waals surface area contributed by atoms with E-state index in [1.165, 1.54) is 17.5 Å². The fraction of sp³-hybridized carbons (Fsp3) is 0.160. The Labute approximate surface area is 206 Å². The Hall–Kier alpha value is -3.76. The molecule has 10 heteroatoms. The number of thiophene rings is 1. The van der Waals surface area contributed by atoms with E-state index in [0.717, 1.165) is 21.3 Å². The smallest absolute Gasteiger partial charge is 0.257 e. The molecule has 0 unspecified atom stereocenters. The van der Waals surface area contributed by atoms with E-state index in [2.05, 4.69) is 20.9 Å². The third-order valence-electron chi connectivity index (χ3n) is 5.68. The molecule has 4 aromatic rings. The van der Waals surface area contributed by atoms with Crippen LogP contribution >= 0.6 is 11.3 Å². The third-order valence-corrected chi connectivity index (χ3v) is 8.47. The molecule has 3 N–H and O–H groups in total. The third kappa shape index (κ3) is 5.03. The van der Waals surface area contributed by atoms with Gasteiger partial charge in [-0.05, 0) is 31.2 Å². The van der Waals surface area contributed by atoms with Crippen molar-refractivity contribution in [3.8, 4) is 0 Å². The van der Waals surface area contributed by atoms with Gasteiger partial charge in [-0.15, -0.1) is 11.3 Å². The Morgan fingerprint density at radius 3 is 2.51 bits per heavy atom. The van der Waals surface area contributed by atoms with Crippen LogP contribution in [0.25, 0.3) is 10.1 Å². The molecule has 1 fully saturated rings. The van der Waals surface area contributed by atoms with Gasteiger partial charge in [0.1, 0.15) is 0 Å². The maximum Gasteiger partial charge on any atom is 0.257 e. The fourth-order valence-electron chi connectivity index (χ4n) is 3.82. The van der Waals surface area contributed by atoms with Gasteiger partial charge in [0.05, 0.1) is 34.4 Å². The summed E-state index contributed by atoms with van der Waals surface area (Å²) in [4.78, 5) is 30.3. The van der Waals surface area contributed by atoms with Crippen molar-refractivity contribution in [3.63, 3.8) is 0 Å². The first-order valence-corrected chi connectivity index (χ1v) is 13.6. The predicted octanol–water partition coefficient (Wildman–Crippen LogP) is 4.13. The van der Waals surface area contributed by atoms with Crippen LogP contribution in [0.5, 0.6) is 0 Å². The average Bonchev–Trinajstić information content (AvgIpc) is 3.25. The van der Waals surface area contributed by atoms with Crippen molar-refractivity contribution in [1.29, 1.82) is 0 Å². The second-order valence-electron chi connectivity index (χ2n) is 8.46. The fourth-order valence-corrected chi connectivity index (χ4v) is 6.05. The molecule has 5 rings (SSSR count). The highest BCUT2D eigenvalue weighted by Gasteiger charge is 2.34. The maximum atomic E-state index is 13.2. The first kappa shape index (κ1) is 23.0. The molecule has 8 nitrogen and oxygen atoms in total. The molecule has 2 aromatic carbocycles. The summed E-state index contributed by atoms with van der Waals surface area (Å²) in [6.07, 6.45) is 1.40. The van der Waals surface area contributed by atoms with Crippen molar-refractivity contribution < 1.29 is 18.0 Å². The van der Waals surface area contributed by atoms with Crippen molar-refractivity contribution in [1.82, 2.24) is 10.3 Å². The van der Waals surface area contributed by atoms with Crippen LogP contribution < -0.4 is 16.0 Å². The van der Waals surface area contributed by atoms with Gasteiger partial charge in [0.2, 0.25) is 0 Å². The SMILES string of the molecule is Cc1ccc(Nc2ncc(C(=O)NC3CS(=O)(=O)C3)cc2NC(=O)c2csc3ccccc23)cc1. The molecule has 0 radical (unpaired) electrons. The number of aryl methyl sites for hydroxylation is 1. The molecule has 1 aliphatic heterocycles. The van der Waals surface area contributed by atoms with Crippen LogP contribution in [-0.2, 0) is 9.84 Å². The van der Waals surface area contributed by atoms with Crippen LogP contribution in [-0.4, -0.2) is 42.8 Å². The largest absolute Gasteiger partial charge is 0.347 e. The number of anilines is 3. The lowest BCUT2D eigenvalue weighted by Crippen LogP contribution is -2.52. The Bertz CT molecular complexity index is 1530. The van der Waals surface area contributed by atoms with Crippen LogP contribution in [0.3, 0.4) is 0 Å². The van der Waals surface area contributed by atoms with Crippen LogP contribution in [0.4, 0.5) is 17.2 Å². The molecule has 0 bridgehead atoms. The zero-order valence-corrected chi connectivity index (χ0v) is 20.4. The number of nitrogens with zero attached hydrogens (tertiary/aromatic N) is 1. The van der Waals surface area contributed by atoms with E-state index in [4.69, 9.17) is 0 Å². The zero-order valence-electron chi connectivity index (χ0n) is 18.7. The van der Waals surface area contributed by atoms with Crippen molar-refractivity contribution in [2.75, 3.05) is 22.1 Å². The molecule has 1 aliphatic rings. The summed E-state index contributed by atoms with van der Waals surface area (Å²) in [7, 11) is -3.07. The number of rotatable bonds is 6. The molecular formula is C25H22N4O4S2. The van der Waals surface area contributed by atoms with Crippen LogP contribution in [0.1, 0.15) is 26.3 Å². The highest BCUT2D eigenvalue weighted by Crippen LogP contribution is 2.29. The van der Waals surface area contributed by atoms with Crippen LogP contribution in [0.2, 0.25) is 0 Å². The van der Waals surface area contributed by atoms with E-state index in [9.17, 15) is 18.0 Å². The summed E-state index contributed by atoms with van der Waals surface area (Å²) in [5.74, 6) is -0.540. The monoisotopic (exact) mass is 506 g/mol. The Kier molecular flexibility index (Phi) is 6.00. The molecule has 3 heterocycles. The molecule has 178 valence electrons. The van der Waals surface area contributed by atoms with Gasteiger partial charge >= 0.3 is 0 Å². The summed E-state index contributed by atoms with van der Waals surface area (Å²) >= 11 is 1.48. The molecule has 0 spiro atoms. The van der Waals surface area contributed by atoms with Crippen LogP contribution in [0, 0.1) is 6.92 Å². The minimum Gasteiger partial charge on any atom is -0.347 e. The number of fused-ring (bicyclic) bond motifs is 1. The number of benzene rings is 2. The topological polar surface area (TPSA) is 117 Å². The molecule has 0 saturated carbocycles. The number of sulfone groups is 1. The van der Waals surface area contributed by atoms with E-state index >= 15 is 0 Å². The minimum atomic E-state index is -3.07. The van der Waals surface area contributed by atoms with Gasteiger partial charge in [-0.25, -0.2) is 13.4 Å². The lowest BCUT2D eigenvalue weighted by molar-refractivity contribution is 0.0940. The van der Waals surface area contributed by atoms with Gasteiger partial charge in [-0.2, -0.15) is 0 Å². The molecule has 0 aliphatic carbocycles. The summed E-state index contributed by atoms with van der Waals surface area (Å²) in [6.45, 7) is 1.99. The van der Waals surface area contributed by atoms with Crippen molar-refractivity contribution in [3.05, 3.63) is 82.9 Å². The molecule has 1 saturated heterocycles. The quantitative estimate of drug-likeness (QED) is 0.362. The van der Waals surface area contributed by atoms with Gasteiger partial charge in [-0.1, -0.05) is 35.9 Å². The number of hydrogen-bond acceptors (Lipinski definition) is 7. The molecule has 2 aromatic heterocycles. The maximum absolute atomic E-state index is 13.2. The van der Waals surface area contributed by atoms with E-state index in [1.54, 1.807) is 11.4 Å². The van der Waals surface area contributed by atoms with Crippen molar-refractivity contribution in [2.24, 2.45) is 0 Å². The molecule has 0 atom stereocenters. The Balaban J connectivity index is 1.44. The van der Waals surface area contributed by atoms with Gasteiger partial charge < -0.3 is 16.0 Å². The van der Waals surface area contributed by atoms with Gasteiger partial charge in [0, 0.05) is 27.4 Å². The van der Waals surface area contributed by atoms with Crippen molar-refractivity contribution >= 4 is 60.3 Å². The predicted molar refractivity (Wildman–Crippen MR) is 138 cm³/mol. The highest BCUT2D eigenvalue weighted by atomic mass is 32.2. The van der Waals surface area contributed by atoms with E-state index in [0.29, 0.717) is 17.1 Å². The summed E-state index contributed by atoms with van der Waals surface area (Å²) in [5, 5.41) is 11.4. The zero-order chi connectivity index (χ0) is 24.6. The summed E-state index contributed by atoms with van der Waals surface area (Å²) < 4.78 is 23.8.